The van der Waals surface area contributed by atoms with Crippen molar-refractivity contribution in [2.24, 2.45) is 0 Å². The Bertz CT molecular complexity index is 952. The summed E-state index contributed by atoms with van der Waals surface area (Å²) in [6.07, 6.45) is 0. The molecule has 5 nitrogen and oxygen atoms in total. The average Bonchev–Trinajstić information content (AvgIpc) is 2.57. The first-order valence-corrected chi connectivity index (χ1v) is 8.01. The lowest BCUT2D eigenvalue weighted by Gasteiger charge is -2.13. The summed E-state index contributed by atoms with van der Waals surface area (Å²) >= 11 is 6.03. The molecule has 0 aliphatic heterocycles. The summed E-state index contributed by atoms with van der Waals surface area (Å²) in [7, 11) is 1.55. The SMILES string of the molecule is COc1ccc(Cl)cc1Nc1cc(Nc2ccc(F)cc2F)nc(C)n1. The number of ether oxygens (including phenoxy) is 1. The van der Waals surface area contributed by atoms with Crippen molar-refractivity contribution in [2.45, 2.75) is 6.92 Å². The molecule has 3 aromatic rings. The Balaban J connectivity index is 1.89. The van der Waals surface area contributed by atoms with E-state index < -0.39 is 11.6 Å². The molecule has 0 fully saturated rings. The largest absolute Gasteiger partial charge is 0.495 e. The molecule has 2 aromatic carbocycles. The van der Waals surface area contributed by atoms with Gasteiger partial charge < -0.3 is 15.4 Å². The molecule has 0 aliphatic rings. The second-order valence-corrected chi connectivity index (χ2v) is 5.84. The maximum absolute atomic E-state index is 13.8. The summed E-state index contributed by atoms with van der Waals surface area (Å²) in [5.74, 6) is 0.495. The molecule has 0 spiro atoms. The molecule has 1 aromatic heterocycles. The Morgan fingerprint density at radius 1 is 0.923 bits per heavy atom. The molecule has 8 heteroatoms. The van der Waals surface area contributed by atoms with Crippen LogP contribution in [-0.4, -0.2) is 17.1 Å². The first-order valence-electron chi connectivity index (χ1n) is 7.63. The molecular weight excluding hydrogens is 362 g/mol. The predicted molar refractivity (Wildman–Crippen MR) is 97.7 cm³/mol. The number of nitrogens with one attached hydrogen (secondary N) is 2. The van der Waals surface area contributed by atoms with Crippen LogP contribution in [0.4, 0.5) is 31.8 Å². The van der Waals surface area contributed by atoms with Gasteiger partial charge >= 0.3 is 0 Å². The van der Waals surface area contributed by atoms with E-state index >= 15 is 0 Å². The fourth-order valence-electron chi connectivity index (χ4n) is 2.34. The predicted octanol–water partition coefficient (Wildman–Crippen LogP) is 5.21. The number of hydrogen-bond donors (Lipinski definition) is 2. The molecule has 1 heterocycles. The molecule has 0 saturated heterocycles. The number of nitrogens with zero attached hydrogens (tertiary/aromatic N) is 2. The fourth-order valence-corrected chi connectivity index (χ4v) is 2.51. The van der Waals surface area contributed by atoms with E-state index in [4.69, 9.17) is 16.3 Å². The molecule has 26 heavy (non-hydrogen) atoms. The standard InChI is InChI=1S/C18H15ClF2N4O/c1-10-22-17(24-14-5-4-12(20)8-13(14)21)9-18(23-10)25-15-7-11(19)3-6-16(15)26-2/h3-9H,1-2H3,(H2,22,23,24,25). The van der Waals surface area contributed by atoms with Gasteiger partial charge in [0, 0.05) is 17.2 Å². The summed E-state index contributed by atoms with van der Waals surface area (Å²) in [5, 5.41) is 6.45. The Morgan fingerprint density at radius 2 is 1.62 bits per heavy atom. The number of anilines is 4. The molecule has 0 radical (unpaired) electrons. The van der Waals surface area contributed by atoms with E-state index in [9.17, 15) is 8.78 Å². The maximum atomic E-state index is 13.8. The number of rotatable bonds is 5. The number of aryl methyl sites for hydroxylation is 1. The van der Waals surface area contributed by atoms with E-state index in [0.29, 0.717) is 33.9 Å². The minimum atomic E-state index is -0.715. The summed E-state index contributed by atoms with van der Waals surface area (Å²) in [6.45, 7) is 1.70. The van der Waals surface area contributed by atoms with Crippen molar-refractivity contribution in [1.29, 1.82) is 0 Å². The number of methoxy groups -OCH3 is 1. The van der Waals surface area contributed by atoms with Gasteiger partial charge in [0.1, 0.15) is 34.8 Å². The van der Waals surface area contributed by atoms with Gasteiger partial charge in [0.15, 0.2) is 0 Å². The minimum Gasteiger partial charge on any atom is -0.495 e. The van der Waals surface area contributed by atoms with E-state index in [-0.39, 0.29) is 5.69 Å². The third kappa shape index (κ3) is 4.18. The smallest absolute Gasteiger partial charge is 0.149 e. The quantitative estimate of drug-likeness (QED) is 0.640. The third-order valence-corrected chi connectivity index (χ3v) is 3.69. The van der Waals surface area contributed by atoms with E-state index in [1.54, 1.807) is 38.3 Å². The number of benzene rings is 2. The van der Waals surface area contributed by atoms with Crippen molar-refractivity contribution in [3.8, 4) is 5.75 Å². The van der Waals surface area contributed by atoms with Crippen molar-refractivity contribution >= 4 is 34.6 Å². The number of aromatic nitrogens is 2. The second kappa shape index (κ2) is 7.53. The normalized spacial score (nSPS) is 10.5. The van der Waals surface area contributed by atoms with Crippen LogP contribution in [0.25, 0.3) is 0 Å². The van der Waals surface area contributed by atoms with Crippen molar-refractivity contribution in [3.05, 3.63) is 64.9 Å². The molecule has 0 atom stereocenters. The van der Waals surface area contributed by atoms with Gasteiger partial charge in [-0.15, -0.1) is 0 Å². The van der Waals surface area contributed by atoms with Crippen molar-refractivity contribution in [3.63, 3.8) is 0 Å². The topological polar surface area (TPSA) is 59.1 Å². The van der Waals surface area contributed by atoms with Crippen molar-refractivity contribution in [2.75, 3.05) is 17.7 Å². The van der Waals surface area contributed by atoms with E-state index in [0.717, 1.165) is 12.1 Å². The van der Waals surface area contributed by atoms with Gasteiger partial charge in [-0.25, -0.2) is 18.7 Å². The molecule has 134 valence electrons. The first-order chi connectivity index (χ1) is 12.4. The van der Waals surface area contributed by atoms with Gasteiger partial charge in [0.25, 0.3) is 0 Å². The summed E-state index contributed by atoms with van der Waals surface area (Å²) in [4.78, 5) is 8.51. The van der Waals surface area contributed by atoms with Crippen LogP contribution in [-0.2, 0) is 0 Å². The van der Waals surface area contributed by atoms with Crippen LogP contribution >= 0.6 is 11.6 Å². The van der Waals surface area contributed by atoms with E-state index in [1.807, 2.05) is 0 Å². The van der Waals surface area contributed by atoms with Crippen LogP contribution in [0.3, 0.4) is 0 Å². The fraction of sp³-hybridized carbons (Fsp3) is 0.111. The first kappa shape index (κ1) is 17.9. The van der Waals surface area contributed by atoms with Gasteiger partial charge in [-0.1, -0.05) is 11.6 Å². The Morgan fingerprint density at radius 3 is 2.27 bits per heavy atom. The molecule has 0 unspecified atom stereocenters. The van der Waals surface area contributed by atoms with E-state index in [2.05, 4.69) is 20.6 Å². The Labute approximate surface area is 154 Å². The molecule has 0 saturated carbocycles. The highest BCUT2D eigenvalue weighted by atomic mass is 35.5. The molecule has 2 N–H and O–H groups in total. The minimum absolute atomic E-state index is 0.107. The number of halogens is 3. The Kier molecular flexibility index (Phi) is 5.18. The van der Waals surface area contributed by atoms with Crippen LogP contribution in [0, 0.1) is 18.6 Å². The van der Waals surface area contributed by atoms with Crippen LogP contribution in [0.2, 0.25) is 5.02 Å². The number of hydrogen-bond acceptors (Lipinski definition) is 5. The zero-order valence-corrected chi connectivity index (χ0v) is 14.7. The Hall–Kier alpha value is -2.93. The summed E-state index contributed by atoms with van der Waals surface area (Å²) in [5.41, 5.74) is 0.729. The lowest BCUT2D eigenvalue weighted by atomic mass is 10.3. The van der Waals surface area contributed by atoms with Crippen molar-refractivity contribution < 1.29 is 13.5 Å². The van der Waals surface area contributed by atoms with Crippen LogP contribution < -0.4 is 15.4 Å². The highest BCUT2D eigenvalue weighted by Crippen LogP contribution is 2.30. The molecule has 0 aliphatic carbocycles. The second-order valence-electron chi connectivity index (χ2n) is 5.40. The van der Waals surface area contributed by atoms with Gasteiger partial charge in [-0.2, -0.15) is 0 Å². The zero-order chi connectivity index (χ0) is 18.7. The van der Waals surface area contributed by atoms with Crippen molar-refractivity contribution in [1.82, 2.24) is 9.97 Å². The van der Waals surface area contributed by atoms with Gasteiger partial charge in [0.2, 0.25) is 0 Å². The third-order valence-electron chi connectivity index (χ3n) is 3.46. The monoisotopic (exact) mass is 376 g/mol. The lowest BCUT2D eigenvalue weighted by molar-refractivity contribution is 0.417. The zero-order valence-electron chi connectivity index (χ0n) is 14.0. The van der Waals surface area contributed by atoms with E-state index in [1.165, 1.54) is 6.07 Å². The molecule has 3 rings (SSSR count). The molecule has 0 amide bonds. The lowest BCUT2D eigenvalue weighted by Crippen LogP contribution is -2.03. The average molecular weight is 377 g/mol. The maximum Gasteiger partial charge on any atom is 0.149 e. The van der Waals surface area contributed by atoms with Crippen LogP contribution in [0.5, 0.6) is 5.75 Å². The molecular formula is C18H15ClF2N4O. The summed E-state index contributed by atoms with van der Waals surface area (Å²) < 4.78 is 32.2. The van der Waals surface area contributed by atoms with Crippen LogP contribution in [0.15, 0.2) is 42.5 Å². The van der Waals surface area contributed by atoms with Gasteiger partial charge in [-0.3, -0.25) is 0 Å². The highest BCUT2D eigenvalue weighted by Gasteiger charge is 2.09. The molecule has 0 bridgehead atoms. The van der Waals surface area contributed by atoms with Crippen LogP contribution in [0.1, 0.15) is 5.82 Å². The summed E-state index contributed by atoms with van der Waals surface area (Å²) in [6, 6.07) is 9.99. The van der Waals surface area contributed by atoms with Gasteiger partial charge in [-0.05, 0) is 37.3 Å². The highest BCUT2D eigenvalue weighted by molar-refractivity contribution is 6.31. The van der Waals surface area contributed by atoms with Gasteiger partial charge in [0.05, 0.1) is 18.5 Å².